The molecule has 1 fully saturated rings. The standard InChI is InChI=1S/C11H15F3N4/c1-10(2)4-3-5-18(10)8-6-7(15)16-9(17-8)11(12,13)14/h6H,3-5H2,1-2H3,(H2,15,16,17). The average molecular weight is 260 g/mol. The highest BCUT2D eigenvalue weighted by atomic mass is 19.4. The number of aromatic nitrogens is 2. The summed E-state index contributed by atoms with van der Waals surface area (Å²) >= 11 is 0. The number of nitrogens with two attached hydrogens (primary N) is 1. The lowest BCUT2D eigenvalue weighted by Gasteiger charge is -2.32. The van der Waals surface area contributed by atoms with E-state index in [1.807, 2.05) is 18.7 Å². The normalized spacial score (nSPS) is 19.3. The maximum atomic E-state index is 12.6. The van der Waals surface area contributed by atoms with Crippen LogP contribution in [0.4, 0.5) is 24.8 Å². The molecule has 1 aliphatic rings. The van der Waals surface area contributed by atoms with Crippen LogP contribution in [0.2, 0.25) is 0 Å². The Bertz CT molecular complexity index is 456. The fraction of sp³-hybridized carbons (Fsp3) is 0.636. The van der Waals surface area contributed by atoms with E-state index in [1.54, 1.807) is 0 Å². The van der Waals surface area contributed by atoms with Gasteiger partial charge in [0.05, 0.1) is 0 Å². The molecule has 100 valence electrons. The molecule has 2 heterocycles. The molecule has 1 saturated heterocycles. The van der Waals surface area contributed by atoms with Crippen LogP contribution < -0.4 is 10.6 Å². The smallest absolute Gasteiger partial charge is 0.384 e. The lowest BCUT2D eigenvalue weighted by molar-refractivity contribution is -0.144. The second-order valence-electron chi connectivity index (χ2n) is 5.04. The number of rotatable bonds is 1. The molecule has 0 saturated carbocycles. The van der Waals surface area contributed by atoms with Crippen molar-refractivity contribution < 1.29 is 13.2 Å². The summed E-state index contributed by atoms with van der Waals surface area (Å²) in [6.45, 7) is 4.64. The van der Waals surface area contributed by atoms with E-state index in [0.29, 0.717) is 6.54 Å². The largest absolute Gasteiger partial charge is 0.451 e. The summed E-state index contributed by atoms with van der Waals surface area (Å²) in [7, 11) is 0. The molecule has 0 spiro atoms. The Morgan fingerprint density at radius 1 is 1.33 bits per heavy atom. The minimum absolute atomic E-state index is 0.157. The molecule has 7 heteroatoms. The zero-order valence-corrected chi connectivity index (χ0v) is 10.3. The molecule has 18 heavy (non-hydrogen) atoms. The maximum Gasteiger partial charge on any atom is 0.451 e. The van der Waals surface area contributed by atoms with E-state index in [2.05, 4.69) is 9.97 Å². The quantitative estimate of drug-likeness (QED) is 0.842. The summed E-state index contributed by atoms with van der Waals surface area (Å²) in [6, 6.07) is 1.39. The van der Waals surface area contributed by atoms with E-state index in [-0.39, 0.29) is 17.2 Å². The van der Waals surface area contributed by atoms with Crippen LogP contribution in [0.1, 0.15) is 32.5 Å². The molecule has 0 aliphatic carbocycles. The van der Waals surface area contributed by atoms with E-state index >= 15 is 0 Å². The third kappa shape index (κ3) is 2.34. The van der Waals surface area contributed by atoms with Crippen LogP contribution in [0.5, 0.6) is 0 Å². The third-order valence-electron chi connectivity index (χ3n) is 3.16. The topological polar surface area (TPSA) is 55.0 Å². The van der Waals surface area contributed by atoms with Crippen molar-refractivity contribution in [2.45, 2.75) is 38.4 Å². The molecular weight excluding hydrogens is 245 g/mol. The summed E-state index contributed by atoms with van der Waals surface area (Å²) in [5, 5.41) is 0. The first-order valence-electron chi connectivity index (χ1n) is 5.69. The highest BCUT2D eigenvalue weighted by molar-refractivity contribution is 5.50. The molecule has 1 aromatic rings. The minimum Gasteiger partial charge on any atom is -0.384 e. The van der Waals surface area contributed by atoms with Crippen molar-refractivity contribution >= 4 is 11.6 Å². The van der Waals surface area contributed by atoms with Crippen LogP contribution in [0.25, 0.3) is 0 Å². The number of nitrogens with zero attached hydrogens (tertiary/aromatic N) is 3. The lowest BCUT2D eigenvalue weighted by atomic mass is 10.0. The fourth-order valence-corrected chi connectivity index (χ4v) is 2.25. The van der Waals surface area contributed by atoms with Crippen LogP contribution >= 0.6 is 0 Å². The van der Waals surface area contributed by atoms with Crippen molar-refractivity contribution in [3.05, 3.63) is 11.9 Å². The van der Waals surface area contributed by atoms with Crippen molar-refractivity contribution in [3.63, 3.8) is 0 Å². The number of nitrogen functional groups attached to an aromatic ring is 1. The minimum atomic E-state index is -4.58. The van der Waals surface area contributed by atoms with Gasteiger partial charge in [0, 0.05) is 18.2 Å². The van der Waals surface area contributed by atoms with Gasteiger partial charge in [-0.25, -0.2) is 9.97 Å². The molecule has 0 aromatic carbocycles. The van der Waals surface area contributed by atoms with Crippen LogP contribution in [0, 0.1) is 0 Å². The first kappa shape index (κ1) is 12.9. The van der Waals surface area contributed by atoms with Gasteiger partial charge in [0.1, 0.15) is 11.6 Å². The predicted octanol–water partition coefficient (Wildman–Crippen LogP) is 2.46. The summed E-state index contributed by atoms with van der Waals surface area (Å²) in [6.07, 6.45) is -2.73. The Morgan fingerprint density at radius 3 is 2.50 bits per heavy atom. The number of hydrogen-bond donors (Lipinski definition) is 1. The third-order valence-corrected chi connectivity index (χ3v) is 3.16. The number of anilines is 2. The number of hydrogen-bond acceptors (Lipinski definition) is 4. The first-order chi connectivity index (χ1) is 8.20. The molecule has 2 rings (SSSR count). The predicted molar refractivity (Wildman–Crippen MR) is 62.1 cm³/mol. The summed E-state index contributed by atoms with van der Waals surface area (Å²) in [5.41, 5.74) is 5.23. The summed E-state index contributed by atoms with van der Waals surface area (Å²) in [4.78, 5) is 8.68. The van der Waals surface area contributed by atoms with Gasteiger partial charge in [0.25, 0.3) is 0 Å². The maximum absolute atomic E-state index is 12.6. The molecule has 1 aliphatic heterocycles. The summed E-state index contributed by atoms with van der Waals surface area (Å²) in [5.74, 6) is -1.09. The van der Waals surface area contributed by atoms with Gasteiger partial charge in [-0.15, -0.1) is 0 Å². The van der Waals surface area contributed by atoms with Crippen molar-refractivity contribution in [3.8, 4) is 0 Å². The highest BCUT2D eigenvalue weighted by Gasteiger charge is 2.38. The average Bonchev–Trinajstić information content (AvgIpc) is 2.55. The Labute approximate surface area is 103 Å². The van der Waals surface area contributed by atoms with Crippen molar-refractivity contribution in [1.29, 1.82) is 0 Å². The van der Waals surface area contributed by atoms with Crippen LogP contribution in [0.3, 0.4) is 0 Å². The Kier molecular flexibility index (Phi) is 2.87. The van der Waals surface area contributed by atoms with Gasteiger partial charge in [0.15, 0.2) is 0 Å². The Balaban J connectivity index is 2.43. The summed E-state index contributed by atoms with van der Waals surface area (Å²) < 4.78 is 37.9. The molecule has 0 amide bonds. The van der Waals surface area contributed by atoms with Gasteiger partial charge >= 0.3 is 6.18 Å². The van der Waals surface area contributed by atoms with Gasteiger partial charge in [0.2, 0.25) is 5.82 Å². The van der Waals surface area contributed by atoms with Crippen molar-refractivity contribution in [2.24, 2.45) is 0 Å². The van der Waals surface area contributed by atoms with E-state index < -0.39 is 12.0 Å². The number of halogens is 3. The zero-order valence-electron chi connectivity index (χ0n) is 10.3. The molecule has 0 radical (unpaired) electrons. The first-order valence-corrected chi connectivity index (χ1v) is 5.69. The Morgan fingerprint density at radius 2 is 2.00 bits per heavy atom. The van der Waals surface area contributed by atoms with E-state index in [9.17, 15) is 13.2 Å². The van der Waals surface area contributed by atoms with Crippen LogP contribution in [-0.2, 0) is 6.18 Å². The van der Waals surface area contributed by atoms with Crippen LogP contribution in [-0.4, -0.2) is 22.1 Å². The SMILES string of the molecule is CC1(C)CCCN1c1cc(N)nc(C(F)(F)F)n1. The van der Waals surface area contributed by atoms with Gasteiger partial charge in [-0.05, 0) is 26.7 Å². The van der Waals surface area contributed by atoms with E-state index in [4.69, 9.17) is 5.73 Å². The second kappa shape index (κ2) is 4.00. The van der Waals surface area contributed by atoms with Gasteiger partial charge in [-0.1, -0.05) is 0 Å². The van der Waals surface area contributed by atoms with E-state index in [0.717, 1.165) is 12.8 Å². The van der Waals surface area contributed by atoms with E-state index in [1.165, 1.54) is 6.07 Å². The zero-order chi connectivity index (χ0) is 13.6. The second-order valence-corrected chi connectivity index (χ2v) is 5.04. The van der Waals surface area contributed by atoms with Crippen molar-refractivity contribution in [2.75, 3.05) is 17.2 Å². The van der Waals surface area contributed by atoms with Gasteiger partial charge in [-0.2, -0.15) is 13.2 Å². The molecule has 2 N–H and O–H groups in total. The lowest BCUT2D eigenvalue weighted by Crippen LogP contribution is -2.39. The fourth-order valence-electron chi connectivity index (χ4n) is 2.25. The van der Waals surface area contributed by atoms with Crippen molar-refractivity contribution in [1.82, 2.24) is 9.97 Å². The Hall–Kier alpha value is -1.53. The molecule has 0 atom stereocenters. The molecule has 0 unspecified atom stereocenters. The highest BCUT2D eigenvalue weighted by Crippen LogP contribution is 2.35. The van der Waals surface area contributed by atoms with Gasteiger partial charge < -0.3 is 10.6 Å². The molecular formula is C11H15F3N4. The van der Waals surface area contributed by atoms with Gasteiger partial charge in [-0.3, -0.25) is 0 Å². The monoisotopic (exact) mass is 260 g/mol. The molecule has 0 bridgehead atoms. The number of alkyl halides is 3. The molecule has 4 nitrogen and oxygen atoms in total. The molecule has 1 aromatic heterocycles. The van der Waals surface area contributed by atoms with Crippen LogP contribution in [0.15, 0.2) is 6.07 Å².